The minimum Gasteiger partial charge on any atom is -0.466 e. The highest BCUT2D eigenvalue weighted by Crippen LogP contribution is 2.16. The fourth-order valence-corrected chi connectivity index (χ4v) is 1.57. The van der Waals surface area contributed by atoms with Gasteiger partial charge in [0.15, 0.2) is 0 Å². The molecule has 82 valence electrons. The smallest absolute Gasteiger partial charge is 0.333 e. The van der Waals surface area contributed by atoms with Crippen LogP contribution in [-0.2, 0) is 9.53 Å². The maximum absolute atomic E-state index is 11.0. The lowest BCUT2D eigenvalue weighted by Crippen LogP contribution is -2.01. The Hall–Kier alpha value is -1.30. The first-order valence-corrected chi connectivity index (χ1v) is 5.30. The summed E-state index contributed by atoms with van der Waals surface area (Å²) in [5.74, 6) is 0.811. The zero-order chi connectivity index (χ0) is 11.3. The Morgan fingerprint density at radius 1 is 1.60 bits per heavy atom. The molecule has 1 heterocycles. The molecule has 0 saturated heterocycles. The zero-order valence-electron chi connectivity index (χ0n) is 8.81. The first kappa shape index (κ1) is 11.8. The summed E-state index contributed by atoms with van der Waals surface area (Å²) in [5.41, 5.74) is 0.571. The Morgan fingerprint density at radius 2 is 2.33 bits per heavy atom. The van der Waals surface area contributed by atoms with Crippen LogP contribution >= 0.6 is 11.8 Å². The quantitative estimate of drug-likeness (QED) is 0.443. The van der Waals surface area contributed by atoms with E-state index in [1.165, 1.54) is 18.9 Å². The third-order valence-electron chi connectivity index (χ3n) is 1.61. The number of esters is 1. The van der Waals surface area contributed by atoms with Crippen molar-refractivity contribution in [1.29, 1.82) is 0 Å². The van der Waals surface area contributed by atoms with Crippen molar-refractivity contribution in [3.63, 3.8) is 0 Å². The molecule has 0 amide bonds. The van der Waals surface area contributed by atoms with Gasteiger partial charge in [0.25, 0.3) is 5.22 Å². The lowest BCUT2D eigenvalue weighted by molar-refractivity contribution is -0.136. The summed E-state index contributed by atoms with van der Waals surface area (Å²) in [7, 11) is 1.36. The molecule has 6 heteroatoms. The lowest BCUT2D eigenvalue weighted by atomic mass is 10.3. The number of ether oxygens (including phenoxy) is 1. The van der Waals surface area contributed by atoms with Crippen molar-refractivity contribution in [2.45, 2.75) is 19.1 Å². The van der Waals surface area contributed by atoms with E-state index in [0.717, 1.165) is 0 Å². The topological polar surface area (TPSA) is 65.2 Å². The molecule has 1 rings (SSSR count). The molecule has 0 unspecified atom stereocenters. The number of nitrogens with zero attached hydrogens (tertiary/aromatic N) is 2. The summed E-state index contributed by atoms with van der Waals surface area (Å²) in [6.07, 6.45) is 1.76. The van der Waals surface area contributed by atoms with E-state index in [4.69, 9.17) is 4.42 Å². The molecule has 0 fully saturated rings. The molecule has 1 aromatic rings. The Bertz CT molecular complexity index is 373. The first-order valence-electron chi connectivity index (χ1n) is 4.31. The van der Waals surface area contributed by atoms with E-state index in [1.807, 2.05) is 0 Å². The molecule has 15 heavy (non-hydrogen) atoms. The van der Waals surface area contributed by atoms with Gasteiger partial charge < -0.3 is 9.15 Å². The molecule has 1 aromatic heterocycles. The van der Waals surface area contributed by atoms with E-state index < -0.39 is 0 Å². The summed E-state index contributed by atoms with van der Waals surface area (Å²) >= 11 is 1.37. The average Bonchev–Trinajstić information content (AvgIpc) is 2.63. The maximum atomic E-state index is 11.0. The fraction of sp³-hybridized carbons (Fsp3) is 0.444. The number of aryl methyl sites for hydroxylation is 1. The summed E-state index contributed by atoms with van der Waals surface area (Å²) in [4.78, 5) is 11.0. The summed E-state index contributed by atoms with van der Waals surface area (Å²) in [5, 5.41) is 8.00. The van der Waals surface area contributed by atoms with Crippen molar-refractivity contribution in [3.05, 3.63) is 17.5 Å². The molecular formula is C9H12N2O3S. The minimum absolute atomic E-state index is 0.322. The van der Waals surface area contributed by atoms with Gasteiger partial charge in [-0.25, -0.2) is 4.79 Å². The van der Waals surface area contributed by atoms with Gasteiger partial charge in [0, 0.05) is 18.2 Å². The maximum Gasteiger partial charge on any atom is 0.333 e. The van der Waals surface area contributed by atoms with Gasteiger partial charge >= 0.3 is 5.97 Å². The van der Waals surface area contributed by atoms with Gasteiger partial charge in [0.2, 0.25) is 5.89 Å². The number of aromatic nitrogens is 2. The number of carbonyl (C=O) groups excluding carboxylic acids is 1. The van der Waals surface area contributed by atoms with Crippen LogP contribution in [0.3, 0.4) is 0 Å². The predicted octanol–water partition coefficient (Wildman–Crippen LogP) is 1.59. The van der Waals surface area contributed by atoms with Crippen molar-refractivity contribution in [2.24, 2.45) is 0 Å². The van der Waals surface area contributed by atoms with Crippen LogP contribution in [-0.4, -0.2) is 29.0 Å². The first-order chi connectivity index (χ1) is 7.13. The van der Waals surface area contributed by atoms with Crippen LogP contribution in [0.25, 0.3) is 0 Å². The van der Waals surface area contributed by atoms with Gasteiger partial charge in [0.1, 0.15) is 0 Å². The predicted molar refractivity (Wildman–Crippen MR) is 55.5 cm³/mol. The van der Waals surface area contributed by atoms with Gasteiger partial charge in [-0.1, -0.05) is 17.8 Å². The van der Waals surface area contributed by atoms with Crippen molar-refractivity contribution in [2.75, 3.05) is 12.9 Å². The van der Waals surface area contributed by atoms with Gasteiger partial charge in [-0.15, -0.1) is 10.2 Å². The summed E-state index contributed by atoms with van der Waals surface area (Å²) < 4.78 is 9.70. The standard InChI is InChI=1S/C9H12N2O3S/c1-6(8(12)13-3)4-5-15-9-11-10-7(2)14-9/h4H,5H2,1-3H3. The highest BCUT2D eigenvalue weighted by atomic mass is 32.2. The molecule has 0 aliphatic carbocycles. The Kier molecular flexibility index (Phi) is 4.36. The number of carbonyl (C=O) groups is 1. The Labute approximate surface area is 91.9 Å². The van der Waals surface area contributed by atoms with Crippen molar-refractivity contribution in [1.82, 2.24) is 10.2 Å². The third-order valence-corrected chi connectivity index (χ3v) is 2.36. The van der Waals surface area contributed by atoms with E-state index in [9.17, 15) is 4.79 Å². The normalized spacial score (nSPS) is 11.5. The molecule has 0 spiro atoms. The van der Waals surface area contributed by atoms with E-state index in [2.05, 4.69) is 14.9 Å². The van der Waals surface area contributed by atoms with Crippen molar-refractivity contribution >= 4 is 17.7 Å². The second-order valence-corrected chi connectivity index (χ2v) is 3.75. The van der Waals surface area contributed by atoms with Gasteiger partial charge in [0.05, 0.1) is 7.11 Å². The van der Waals surface area contributed by atoms with Crippen molar-refractivity contribution < 1.29 is 13.9 Å². The molecule has 0 aromatic carbocycles. The van der Waals surface area contributed by atoms with E-state index >= 15 is 0 Å². The number of hydrogen-bond acceptors (Lipinski definition) is 6. The van der Waals surface area contributed by atoms with E-state index in [-0.39, 0.29) is 5.97 Å². The van der Waals surface area contributed by atoms with Crippen molar-refractivity contribution in [3.8, 4) is 0 Å². The number of methoxy groups -OCH3 is 1. The second kappa shape index (κ2) is 5.55. The molecule has 0 aliphatic rings. The molecule has 0 atom stereocenters. The SMILES string of the molecule is COC(=O)C(C)=CCSc1nnc(C)o1. The van der Waals surface area contributed by atoms with Gasteiger partial charge in [-0.05, 0) is 6.92 Å². The number of rotatable bonds is 4. The van der Waals surface area contributed by atoms with E-state index in [1.54, 1.807) is 19.9 Å². The number of hydrogen-bond donors (Lipinski definition) is 0. The minimum atomic E-state index is -0.322. The Morgan fingerprint density at radius 3 is 2.87 bits per heavy atom. The molecule has 0 N–H and O–H groups in total. The third kappa shape index (κ3) is 3.75. The largest absolute Gasteiger partial charge is 0.466 e. The highest BCUT2D eigenvalue weighted by molar-refractivity contribution is 7.99. The van der Waals surface area contributed by atoms with Crippen LogP contribution in [0.4, 0.5) is 0 Å². The van der Waals surface area contributed by atoms with E-state index in [0.29, 0.717) is 22.4 Å². The monoisotopic (exact) mass is 228 g/mol. The highest BCUT2D eigenvalue weighted by Gasteiger charge is 2.04. The second-order valence-electron chi connectivity index (χ2n) is 2.78. The summed E-state index contributed by atoms with van der Waals surface area (Å²) in [6.45, 7) is 3.43. The molecule has 0 saturated carbocycles. The summed E-state index contributed by atoms with van der Waals surface area (Å²) in [6, 6.07) is 0. The number of thioether (sulfide) groups is 1. The molecule has 0 bridgehead atoms. The van der Waals surface area contributed by atoms with Crippen LogP contribution in [0.1, 0.15) is 12.8 Å². The molecule has 0 radical (unpaired) electrons. The zero-order valence-corrected chi connectivity index (χ0v) is 9.63. The molecule has 5 nitrogen and oxygen atoms in total. The van der Waals surface area contributed by atoms with Crippen LogP contribution < -0.4 is 0 Å². The van der Waals surface area contributed by atoms with Gasteiger partial charge in [-0.3, -0.25) is 0 Å². The molecular weight excluding hydrogens is 216 g/mol. The van der Waals surface area contributed by atoms with Gasteiger partial charge in [-0.2, -0.15) is 0 Å². The molecule has 0 aliphatic heterocycles. The fourth-order valence-electron chi connectivity index (χ4n) is 0.819. The van der Waals surface area contributed by atoms with Crippen LogP contribution in [0, 0.1) is 6.92 Å². The van der Waals surface area contributed by atoms with Crippen LogP contribution in [0.2, 0.25) is 0 Å². The van der Waals surface area contributed by atoms with Crippen LogP contribution in [0.15, 0.2) is 21.3 Å². The average molecular weight is 228 g/mol. The Balaban J connectivity index is 2.41. The van der Waals surface area contributed by atoms with Crippen LogP contribution in [0.5, 0.6) is 0 Å². The lowest BCUT2D eigenvalue weighted by Gasteiger charge is -1.97.